The van der Waals surface area contributed by atoms with Gasteiger partial charge in [0.1, 0.15) is 11.9 Å². The van der Waals surface area contributed by atoms with E-state index in [0.717, 1.165) is 41.8 Å². The highest BCUT2D eigenvalue weighted by Crippen LogP contribution is 2.42. The van der Waals surface area contributed by atoms with Crippen LogP contribution in [-0.4, -0.2) is 37.2 Å². The van der Waals surface area contributed by atoms with Crippen molar-refractivity contribution in [1.29, 1.82) is 0 Å². The largest absolute Gasteiger partial charge is 0.480 e. The summed E-state index contributed by atoms with van der Waals surface area (Å²) in [5, 5.41) is 0. The van der Waals surface area contributed by atoms with Crippen molar-refractivity contribution in [3.63, 3.8) is 0 Å². The summed E-state index contributed by atoms with van der Waals surface area (Å²) in [5.74, 6) is 2.17. The van der Waals surface area contributed by atoms with Crippen molar-refractivity contribution in [2.45, 2.75) is 32.3 Å². The molecule has 5 nitrogen and oxygen atoms in total. The molecular formula is C28H30N2O3. The van der Waals surface area contributed by atoms with E-state index in [0.29, 0.717) is 24.5 Å². The first-order valence-corrected chi connectivity index (χ1v) is 11.5. The Kier molecular flexibility index (Phi) is 7.40. The summed E-state index contributed by atoms with van der Waals surface area (Å²) in [4.78, 5) is 18.9. The Morgan fingerprint density at radius 2 is 1.73 bits per heavy atom. The zero-order valence-corrected chi connectivity index (χ0v) is 19.2. The third kappa shape index (κ3) is 5.43. The fourth-order valence-electron chi connectivity index (χ4n) is 4.15. The number of Topliss-reactive ketones (excluding diaryl/α,β-unsaturated/α-hetero) is 1. The number of likely N-dealkylation sites (N-methyl/N-ethyl adjacent to an activating group) is 1. The number of fused-ring (bicyclic) bond motifs is 1. The monoisotopic (exact) mass is 442 g/mol. The third-order valence-corrected chi connectivity index (χ3v) is 5.84. The van der Waals surface area contributed by atoms with Crippen molar-refractivity contribution < 1.29 is 14.3 Å². The molecule has 0 radical (unpaired) electrons. The maximum atomic E-state index is 12.6. The summed E-state index contributed by atoms with van der Waals surface area (Å²) in [7, 11) is 1.77. The zero-order chi connectivity index (χ0) is 23.0. The predicted octanol–water partition coefficient (Wildman–Crippen LogP) is 6.10. The molecule has 0 aliphatic heterocycles. The van der Waals surface area contributed by atoms with Gasteiger partial charge in [0.25, 0.3) is 0 Å². The molecule has 0 heterocycles. The zero-order valence-electron chi connectivity index (χ0n) is 19.2. The molecule has 1 unspecified atom stereocenters. The van der Waals surface area contributed by atoms with Gasteiger partial charge in [-0.3, -0.25) is 9.79 Å². The van der Waals surface area contributed by atoms with Gasteiger partial charge in [0, 0.05) is 31.1 Å². The molecule has 1 aliphatic carbocycles. The standard InChI is InChI=1S/C28H30N2O3/c1-3-30(20-29-2)19-27(21-11-6-4-7-12-21)33-26-18-17-23-24(15-10-16-25(23)31)28(26)32-22-13-8-5-9-14-22/h4-9,11-14,17-18,20,27H,3,10,15-16,19H2,1-2H3. The van der Waals surface area contributed by atoms with E-state index in [1.807, 2.05) is 67.0 Å². The van der Waals surface area contributed by atoms with Crippen LogP contribution in [0.15, 0.2) is 77.8 Å². The molecule has 4 rings (SSSR count). The first kappa shape index (κ1) is 22.6. The SMILES string of the molecule is CCN(C=NC)CC(Oc1ccc2c(c1Oc1ccccc1)CCCC2=O)c1ccccc1. The van der Waals surface area contributed by atoms with Crippen LogP contribution < -0.4 is 9.47 Å². The van der Waals surface area contributed by atoms with E-state index < -0.39 is 0 Å². The summed E-state index contributed by atoms with van der Waals surface area (Å²) < 4.78 is 13.0. The average molecular weight is 443 g/mol. The second kappa shape index (κ2) is 10.8. The number of ether oxygens (including phenoxy) is 2. The fourth-order valence-corrected chi connectivity index (χ4v) is 4.15. The molecular weight excluding hydrogens is 412 g/mol. The van der Waals surface area contributed by atoms with Crippen LogP contribution in [-0.2, 0) is 6.42 Å². The third-order valence-electron chi connectivity index (χ3n) is 5.84. The van der Waals surface area contributed by atoms with Gasteiger partial charge in [-0.05, 0) is 49.6 Å². The van der Waals surface area contributed by atoms with Gasteiger partial charge < -0.3 is 14.4 Å². The Labute approximate surface area is 195 Å². The van der Waals surface area contributed by atoms with Crippen LogP contribution in [0.4, 0.5) is 0 Å². The lowest BCUT2D eigenvalue weighted by Gasteiger charge is -2.28. The maximum absolute atomic E-state index is 12.6. The van der Waals surface area contributed by atoms with Crippen LogP contribution in [0.2, 0.25) is 0 Å². The van der Waals surface area contributed by atoms with Gasteiger partial charge in [-0.2, -0.15) is 0 Å². The average Bonchev–Trinajstić information content (AvgIpc) is 2.86. The minimum absolute atomic E-state index is 0.164. The topological polar surface area (TPSA) is 51.1 Å². The van der Waals surface area contributed by atoms with Crippen LogP contribution in [0.1, 0.15) is 47.4 Å². The van der Waals surface area contributed by atoms with Crippen LogP contribution in [0.25, 0.3) is 0 Å². The molecule has 3 aromatic rings. The highest BCUT2D eigenvalue weighted by atomic mass is 16.5. The van der Waals surface area contributed by atoms with Crippen molar-refractivity contribution in [3.8, 4) is 17.2 Å². The lowest BCUT2D eigenvalue weighted by molar-refractivity contribution is 0.0971. The van der Waals surface area contributed by atoms with E-state index in [1.165, 1.54) is 0 Å². The Balaban J connectivity index is 1.74. The van der Waals surface area contributed by atoms with Gasteiger partial charge >= 0.3 is 0 Å². The predicted molar refractivity (Wildman–Crippen MR) is 132 cm³/mol. The molecule has 33 heavy (non-hydrogen) atoms. The Morgan fingerprint density at radius 3 is 2.42 bits per heavy atom. The van der Waals surface area contributed by atoms with Crippen molar-refractivity contribution in [1.82, 2.24) is 4.90 Å². The van der Waals surface area contributed by atoms with E-state index in [4.69, 9.17) is 9.47 Å². The van der Waals surface area contributed by atoms with E-state index in [1.54, 1.807) is 7.05 Å². The van der Waals surface area contributed by atoms with Gasteiger partial charge in [0.2, 0.25) is 0 Å². The van der Waals surface area contributed by atoms with E-state index in [9.17, 15) is 4.79 Å². The Hall–Kier alpha value is -3.60. The number of benzene rings is 3. The number of rotatable bonds is 9. The van der Waals surface area contributed by atoms with Gasteiger partial charge in [-0.15, -0.1) is 0 Å². The molecule has 0 fully saturated rings. The van der Waals surface area contributed by atoms with Crippen molar-refractivity contribution in [3.05, 3.63) is 89.5 Å². The highest BCUT2D eigenvalue weighted by Gasteiger charge is 2.26. The normalized spacial score (nSPS) is 14.1. The lowest BCUT2D eigenvalue weighted by atomic mass is 9.89. The second-order valence-electron chi connectivity index (χ2n) is 8.09. The number of carbonyl (C=O) groups excluding carboxylic acids is 1. The van der Waals surface area contributed by atoms with Crippen LogP contribution >= 0.6 is 0 Å². The Morgan fingerprint density at radius 1 is 1.00 bits per heavy atom. The first-order valence-electron chi connectivity index (χ1n) is 11.5. The summed E-state index contributed by atoms with van der Waals surface area (Å²) in [6.45, 7) is 3.55. The summed E-state index contributed by atoms with van der Waals surface area (Å²) >= 11 is 0. The maximum Gasteiger partial charge on any atom is 0.173 e. The van der Waals surface area contributed by atoms with Crippen LogP contribution in [0.3, 0.4) is 0 Å². The molecule has 1 aliphatic rings. The summed E-state index contributed by atoms with van der Waals surface area (Å²) in [6, 6.07) is 23.6. The number of hydrogen-bond donors (Lipinski definition) is 0. The van der Waals surface area contributed by atoms with Gasteiger partial charge in [0.05, 0.1) is 12.9 Å². The molecule has 1 atom stereocenters. The molecule has 0 saturated heterocycles. The minimum Gasteiger partial charge on any atom is -0.480 e. The molecule has 0 spiro atoms. The van der Waals surface area contributed by atoms with Gasteiger partial charge in [-0.1, -0.05) is 48.5 Å². The van der Waals surface area contributed by atoms with Crippen molar-refractivity contribution >= 4 is 12.1 Å². The van der Waals surface area contributed by atoms with E-state index in [2.05, 4.69) is 28.9 Å². The molecule has 0 aromatic heterocycles. The smallest absolute Gasteiger partial charge is 0.173 e. The second-order valence-corrected chi connectivity index (χ2v) is 8.09. The fraction of sp³-hybridized carbons (Fsp3) is 0.286. The number of carbonyl (C=O) groups is 1. The minimum atomic E-state index is -0.236. The molecule has 170 valence electrons. The Bertz CT molecular complexity index is 1100. The van der Waals surface area contributed by atoms with E-state index >= 15 is 0 Å². The number of ketones is 1. The van der Waals surface area contributed by atoms with Gasteiger partial charge in [0.15, 0.2) is 17.3 Å². The molecule has 0 N–H and O–H groups in total. The molecule has 5 heteroatoms. The quantitative estimate of drug-likeness (QED) is 0.297. The van der Waals surface area contributed by atoms with Crippen LogP contribution in [0.5, 0.6) is 17.2 Å². The van der Waals surface area contributed by atoms with Gasteiger partial charge in [-0.25, -0.2) is 0 Å². The first-order chi connectivity index (χ1) is 16.2. The number of aliphatic imine (C=N–C) groups is 1. The number of para-hydroxylation sites is 1. The summed E-state index contributed by atoms with van der Waals surface area (Å²) in [5.41, 5.74) is 2.74. The molecule has 3 aromatic carbocycles. The van der Waals surface area contributed by atoms with Crippen molar-refractivity contribution in [2.75, 3.05) is 20.1 Å². The molecule has 0 bridgehead atoms. The van der Waals surface area contributed by atoms with Crippen LogP contribution in [0, 0.1) is 0 Å². The molecule has 0 saturated carbocycles. The number of hydrogen-bond acceptors (Lipinski definition) is 4. The lowest BCUT2D eigenvalue weighted by Crippen LogP contribution is -2.30. The van der Waals surface area contributed by atoms with E-state index in [-0.39, 0.29) is 11.9 Å². The van der Waals surface area contributed by atoms with Crippen molar-refractivity contribution in [2.24, 2.45) is 4.99 Å². The summed E-state index contributed by atoms with van der Waals surface area (Å²) in [6.07, 6.45) is 3.79. The highest BCUT2D eigenvalue weighted by molar-refractivity contribution is 5.99. The molecule has 0 amide bonds. The number of nitrogens with zero attached hydrogens (tertiary/aromatic N) is 2.